The van der Waals surface area contributed by atoms with Crippen molar-refractivity contribution in [3.63, 3.8) is 0 Å². The van der Waals surface area contributed by atoms with Gasteiger partial charge in [0.2, 0.25) is 0 Å². The van der Waals surface area contributed by atoms with Crippen LogP contribution in [-0.2, 0) is 0 Å². The summed E-state index contributed by atoms with van der Waals surface area (Å²) in [6, 6.07) is 16.8. The molecule has 30 heavy (non-hydrogen) atoms. The molecule has 3 aliphatic carbocycles. The molecule has 2 fully saturated rings. The van der Waals surface area contributed by atoms with Gasteiger partial charge in [0.1, 0.15) is 5.82 Å². The normalized spacial score (nSPS) is 31.3. The number of nitrogens with zero attached hydrogens (tertiary/aromatic N) is 1. The molecule has 2 aromatic carbocycles. The van der Waals surface area contributed by atoms with Crippen molar-refractivity contribution >= 4 is 5.57 Å². The molecular formula is C28H30FN. The van der Waals surface area contributed by atoms with Gasteiger partial charge in [-0.2, -0.15) is 0 Å². The summed E-state index contributed by atoms with van der Waals surface area (Å²) in [6.45, 7) is 6.02. The number of rotatable bonds is 4. The lowest BCUT2D eigenvalue weighted by atomic mass is 9.59. The van der Waals surface area contributed by atoms with Gasteiger partial charge in [-0.3, -0.25) is 4.90 Å². The second kappa shape index (κ2) is 6.65. The SMILES string of the molecule is CC1(C)C2C=C(CN3C4C=C(c5ccc(-c6ccccc6)c(F)c5)CC3CC4)C1C2. The van der Waals surface area contributed by atoms with E-state index in [-0.39, 0.29) is 5.82 Å². The number of allylic oxidation sites excluding steroid dienone is 1. The van der Waals surface area contributed by atoms with E-state index in [2.05, 4.69) is 37.0 Å². The van der Waals surface area contributed by atoms with Crippen LogP contribution in [-0.4, -0.2) is 23.5 Å². The molecule has 0 aromatic heterocycles. The van der Waals surface area contributed by atoms with Crippen molar-refractivity contribution < 1.29 is 4.39 Å². The molecule has 2 aliphatic heterocycles. The van der Waals surface area contributed by atoms with Gasteiger partial charge in [-0.15, -0.1) is 0 Å². The number of hydrogen-bond donors (Lipinski definition) is 0. The smallest absolute Gasteiger partial charge is 0.131 e. The third-order valence-electron chi connectivity index (χ3n) is 8.54. The molecule has 2 heterocycles. The second-order valence-electron chi connectivity index (χ2n) is 10.4. The maximum atomic E-state index is 14.9. The molecule has 0 N–H and O–H groups in total. The molecule has 0 radical (unpaired) electrons. The quantitative estimate of drug-likeness (QED) is 0.516. The highest BCUT2D eigenvalue weighted by molar-refractivity contribution is 5.72. The first-order valence-corrected chi connectivity index (χ1v) is 11.5. The van der Waals surface area contributed by atoms with Gasteiger partial charge in [0.25, 0.3) is 0 Å². The van der Waals surface area contributed by atoms with Crippen molar-refractivity contribution in [2.75, 3.05) is 6.54 Å². The average molecular weight is 400 g/mol. The first-order chi connectivity index (χ1) is 14.5. The Balaban J connectivity index is 1.22. The van der Waals surface area contributed by atoms with Crippen LogP contribution in [0.4, 0.5) is 4.39 Å². The third kappa shape index (κ3) is 2.76. The van der Waals surface area contributed by atoms with Crippen molar-refractivity contribution in [3.05, 3.63) is 77.6 Å². The zero-order valence-corrected chi connectivity index (χ0v) is 17.9. The van der Waals surface area contributed by atoms with Gasteiger partial charge in [-0.1, -0.05) is 74.0 Å². The Labute approximate surface area is 179 Å². The summed E-state index contributed by atoms with van der Waals surface area (Å²) in [6.07, 6.45) is 9.95. The van der Waals surface area contributed by atoms with Crippen LogP contribution in [0.3, 0.4) is 0 Å². The molecule has 4 bridgehead atoms. The summed E-state index contributed by atoms with van der Waals surface area (Å²) in [7, 11) is 0. The molecule has 1 saturated heterocycles. The van der Waals surface area contributed by atoms with E-state index < -0.39 is 0 Å². The number of fused-ring (bicyclic) bond motifs is 2. The summed E-state index contributed by atoms with van der Waals surface area (Å²) in [5.41, 5.74) is 6.21. The third-order valence-corrected chi connectivity index (χ3v) is 8.54. The Bertz CT molecular complexity index is 1050. The van der Waals surface area contributed by atoms with E-state index in [0.717, 1.165) is 35.9 Å². The monoisotopic (exact) mass is 399 g/mol. The van der Waals surface area contributed by atoms with Gasteiger partial charge in [-0.25, -0.2) is 4.39 Å². The summed E-state index contributed by atoms with van der Waals surface area (Å²) >= 11 is 0. The first kappa shape index (κ1) is 18.6. The van der Waals surface area contributed by atoms with Gasteiger partial charge in [-0.05, 0) is 65.7 Å². The molecule has 4 unspecified atom stereocenters. The van der Waals surface area contributed by atoms with Crippen molar-refractivity contribution in [1.82, 2.24) is 4.90 Å². The second-order valence-corrected chi connectivity index (χ2v) is 10.4. The molecule has 7 rings (SSSR count). The molecule has 5 aliphatic rings. The fourth-order valence-corrected chi connectivity index (χ4v) is 6.56. The average Bonchev–Trinajstić information content (AvgIpc) is 3.36. The topological polar surface area (TPSA) is 3.24 Å². The fourth-order valence-electron chi connectivity index (χ4n) is 6.56. The number of benzene rings is 2. The molecule has 1 nitrogen and oxygen atoms in total. The van der Waals surface area contributed by atoms with Crippen LogP contribution < -0.4 is 0 Å². The van der Waals surface area contributed by atoms with E-state index in [4.69, 9.17) is 0 Å². The molecule has 0 spiro atoms. The van der Waals surface area contributed by atoms with Gasteiger partial charge >= 0.3 is 0 Å². The van der Waals surface area contributed by atoms with Crippen LogP contribution in [0.2, 0.25) is 0 Å². The highest BCUT2D eigenvalue weighted by atomic mass is 19.1. The highest BCUT2D eigenvalue weighted by Gasteiger charge is 2.54. The van der Waals surface area contributed by atoms with Crippen molar-refractivity contribution in [2.24, 2.45) is 17.3 Å². The molecular weight excluding hydrogens is 369 g/mol. The van der Waals surface area contributed by atoms with E-state index in [0.29, 0.717) is 23.1 Å². The Morgan fingerprint density at radius 1 is 1.00 bits per heavy atom. The molecule has 2 heteroatoms. The lowest BCUT2D eigenvalue weighted by molar-refractivity contribution is 0.0613. The molecule has 0 amide bonds. The number of halogens is 1. The van der Waals surface area contributed by atoms with Crippen LogP contribution in [0.5, 0.6) is 0 Å². The minimum Gasteiger partial charge on any atom is -0.290 e. The molecule has 1 saturated carbocycles. The summed E-state index contributed by atoms with van der Waals surface area (Å²) in [4.78, 5) is 2.74. The van der Waals surface area contributed by atoms with Crippen molar-refractivity contribution in [3.8, 4) is 11.1 Å². The summed E-state index contributed by atoms with van der Waals surface area (Å²) in [5.74, 6) is 1.48. The van der Waals surface area contributed by atoms with Gasteiger partial charge in [0.15, 0.2) is 0 Å². The van der Waals surface area contributed by atoms with E-state index in [1.54, 1.807) is 11.6 Å². The molecule has 4 atom stereocenters. The largest absolute Gasteiger partial charge is 0.290 e. The molecule has 2 aromatic rings. The maximum absolute atomic E-state index is 14.9. The fraction of sp³-hybridized carbons (Fsp3) is 0.429. The van der Waals surface area contributed by atoms with Crippen molar-refractivity contribution in [1.29, 1.82) is 0 Å². The highest BCUT2D eigenvalue weighted by Crippen LogP contribution is 2.61. The zero-order chi connectivity index (χ0) is 20.5. The van der Waals surface area contributed by atoms with E-state index >= 15 is 0 Å². The Morgan fingerprint density at radius 2 is 1.83 bits per heavy atom. The predicted octanol–water partition coefficient (Wildman–Crippen LogP) is 6.72. The lowest BCUT2D eigenvalue weighted by Gasteiger charge is -2.46. The van der Waals surface area contributed by atoms with E-state index in [1.165, 1.54) is 24.8 Å². The summed E-state index contributed by atoms with van der Waals surface area (Å²) in [5, 5.41) is 0. The van der Waals surface area contributed by atoms with Crippen LogP contribution >= 0.6 is 0 Å². The zero-order valence-electron chi connectivity index (χ0n) is 17.9. The van der Waals surface area contributed by atoms with E-state index in [1.807, 2.05) is 36.4 Å². The van der Waals surface area contributed by atoms with E-state index in [9.17, 15) is 4.39 Å². The van der Waals surface area contributed by atoms with Crippen molar-refractivity contribution in [2.45, 2.75) is 51.6 Å². The Kier molecular flexibility index (Phi) is 4.12. The van der Waals surface area contributed by atoms with Crippen LogP contribution in [0.25, 0.3) is 16.7 Å². The van der Waals surface area contributed by atoms with Crippen LogP contribution in [0, 0.1) is 23.1 Å². The van der Waals surface area contributed by atoms with Gasteiger partial charge < -0.3 is 0 Å². The first-order valence-electron chi connectivity index (χ1n) is 11.5. The number of hydrogen-bond acceptors (Lipinski definition) is 1. The Morgan fingerprint density at radius 3 is 2.50 bits per heavy atom. The van der Waals surface area contributed by atoms with Gasteiger partial charge in [0.05, 0.1) is 0 Å². The minimum atomic E-state index is -0.118. The maximum Gasteiger partial charge on any atom is 0.131 e. The van der Waals surface area contributed by atoms with Gasteiger partial charge in [0, 0.05) is 24.2 Å². The Hall–Kier alpha value is -2.19. The van der Waals surface area contributed by atoms with Crippen LogP contribution in [0.1, 0.15) is 45.1 Å². The summed E-state index contributed by atoms with van der Waals surface area (Å²) < 4.78 is 14.9. The van der Waals surface area contributed by atoms with Crippen LogP contribution in [0.15, 0.2) is 66.3 Å². The molecule has 154 valence electrons. The standard InChI is InChI=1S/C28H30FN/c1-28(2)22-12-21(26(28)16-22)17-30-23-9-10-24(30)14-20(13-23)19-8-11-25(27(29)15-19)18-6-4-3-5-7-18/h3-8,11-13,15,22-24,26H,9-10,14,16-17H2,1-2H3. The minimum absolute atomic E-state index is 0.118. The predicted molar refractivity (Wildman–Crippen MR) is 121 cm³/mol. The lowest BCUT2D eigenvalue weighted by Crippen LogP contribution is -2.43.